The Labute approximate surface area is 238 Å². The van der Waals surface area contributed by atoms with Gasteiger partial charge in [-0.05, 0) is 64.7 Å². The lowest BCUT2D eigenvalue weighted by Crippen LogP contribution is -2.14. The molecule has 9 rings (SSSR count). The highest BCUT2D eigenvalue weighted by molar-refractivity contribution is 6.18. The number of aromatic nitrogens is 2. The second-order valence-corrected chi connectivity index (χ2v) is 11.8. The average Bonchev–Trinajstić information content (AvgIpc) is 3.61. The molecule has 0 bridgehead atoms. The van der Waals surface area contributed by atoms with E-state index < -0.39 is 0 Å². The number of fused-ring (bicyclic) bond motifs is 10. The first kappa shape index (κ1) is 22.7. The molecular weight excluding hydrogens is 496 g/mol. The lowest BCUT2D eigenvalue weighted by Gasteiger charge is -2.21. The normalized spacial score (nSPS) is 13.8. The summed E-state index contributed by atoms with van der Waals surface area (Å²) in [7, 11) is 0. The maximum atomic E-state index is 2.45. The van der Waals surface area contributed by atoms with E-state index in [-0.39, 0.29) is 5.41 Å². The Morgan fingerprint density at radius 1 is 0.439 bits per heavy atom. The van der Waals surface area contributed by atoms with Gasteiger partial charge in [0, 0.05) is 38.3 Å². The number of hydrogen-bond acceptors (Lipinski definition) is 0. The van der Waals surface area contributed by atoms with Gasteiger partial charge >= 0.3 is 0 Å². The fourth-order valence-corrected chi connectivity index (χ4v) is 7.50. The molecule has 2 heteroatoms. The number of hydrogen-bond donors (Lipinski definition) is 0. The molecule has 1 aliphatic carbocycles. The molecule has 0 radical (unpaired) electrons. The van der Waals surface area contributed by atoms with Gasteiger partial charge in [0.1, 0.15) is 0 Å². The smallest absolute Gasteiger partial charge is 0.0547 e. The van der Waals surface area contributed by atoms with Crippen LogP contribution in [-0.4, -0.2) is 9.13 Å². The van der Waals surface area contributed by atoms with Gasteiger partial charge < -0.3 is 9.13 Å². The minimum Gasteiger partial charge on any atom is -0.309 e. The summed E-state index contributed by atoms with van der Waals surface area (Å²) in [5.74, 6) is 0. The van der Waals surface area contributed by atoms with Gasteiger partial charge in [0.25, 0.3) is 0 Å². The van der Waals surface area contributed by atoms with E-state index in [1.54, 1.807) is 0 Å². The summed E-state index contributed by atoms with van der Waals surface area (Å²) in [5, 5.41) is 5.21. The third-order valence-corrected chi connectivity index (χ3v) is 9.31. The van der Waals surface area contributed by atoms with E-state index >= 15 is 0 Å². The number of nitrogens with zero attached hydrogens (tertiary/aromatic N) is 2. The van der Waals surface area contributed by atoms with Crippen molar-refractivity contribution in [1.82, 2.24) is 9.13 Å². The van der Waals surface area contributed by atoms with Crippen molar-refractivity contribution in [3.63, 3.8) is 0 Å². The summed E-state index contributed by atoms with van der Waals surface area (Å²) < 4.78 is 4.86. The largest absolute Gasteiger partial charge is 0.309 e. The summed E-state index contributed by atoms with van der Waals surface area (Å²) in [6.07, 6.45) is 0. The van der Waals surface area contributed by atoms with Crippen molar-refractivity contribution in [1.29, 1.82) is 0 Å². The first-order valence-corrected chi connectivity index (χ1v) is 14.4. The highest BCUT2D eigenvalue weighted by Gasteiger charge is 2.37. The Hall–Kier alpha value is -5.08. The maximum absolute atomic E-state index is 2.45. The molecule has 0 N–H and O–H groups in total. The Bertz CT molecular complexity index is 2290. The standard InChI is InChI=1S/C39H28N2/c1-39(2)31-18-7-3-16-29(31)37-32(39)22-23-36-38(37)30-17-6-10-21-35(30)41(36)26-13-11-12-25(24-26)40-33-19-8-4-14-27(33)28-15-5-9-20-34(28)40/h3-24H,1-2H3. The van der Waals surface area contributed by atoms with Crippen LogP contribution in [0.3, 0.4) is 0 Å². The molecule has 0 saturated heterocycles. The van der Waals surface area contributed by atoms with Gasteiger partial charge in [-0.25, -0.2) is 0 Å². The van der Waals surface area contributed by atoms with Crippen molar-refractivity contribution in [2.45, 2.75) is 19.3 Å². The number of benzene rings is 6. The van der Waals surface area contributed by atoms with Crippen molar-refractivity contribution >= 4 is 43.6 Å². The third-order valence-electron chi connectivity index (χ3n) is 9.31. The molecule has 8 aromatic rings. The predicted molar refractivity (Wildman–Crippen MR) is 173 cm³/mol. The van der Waals surface area contributed by atoms with E-state index in [0.717, 1.165) is 0 Å². The number of para-hydroxylation sites is 3. The van der Waals surface area contributed by atoms with E-state index in [2.05, 4.69) is 156 Å². The van der Waals surface area contributed by atoms with Crippen LogP contribution in [0.5, 0.6) is 0 Å². The molecule has 0 amide bonds. The molecule has 0 spiro atoms. The van der Waals surface area contributed by atoms with Crippen LogP contribution < -0.4 is 0 Å². The molecule has 2 heterocycles. The molecule has 0 unspecified atom stereocenters. The van der Waals surface area contributed by atoms with Crippen LogP contribution >= 0.6 is 0 Å². The molecule has 0 atom stereocenters. The van der Waals surface area contributed by atoms with Gasteiger partial charge in [-0.2, -0.15) is 0 Å². The zero-order valence-corrected chi connectivity index (χ0v) is 23.1. The van der Waals surface area contributed by atoms with Gasteiger partial charge in [-0.3, -0.25) is 0 Å². The zero-order chi connectivity index (χ0) is 27.3. The second kappa shape index (κ2) is 7.99. The van der Waals surface area contributed by atoms with Gasteiger partial charge in [0.2, 0.25) is 0 Å². The highest BCUT2D eigenvalue weighted by atomic mass is 15.0. The van der Waals surface area contributed by atoms with E-state index in [0.29, 0.717) is 0 Å². The fourth-order valence-electron chi connectivity index (χ4n) is 7.50. The summed E-state index contributed by atoms with van der Waals surface area (Å²) >= 11 is 0. The van der Waals surface area contributed by atoms with Crippen LogP contribution in [0.15, 0.2) is 133 Å². The van der Waals surface area contributed by atoms with Gasteiger partial charge in [-0.1, -0.05) is 105 Å². The lowest BCUT2D eigenvalue weighted by atomic mass is 9.82. The van der Waals surface area contributed by atoms with E-state index in [1.165, 1.54) is 77.2 Å². The second-order valence-electron chi connectivity index (χ2n) is 11.8. The Kier molecular flexibility index (Phi) is 4.42. The summed E-state index contributed by atoms with van der Waals surface area (Å²) in [4.78, 5) is 0. The first-order chi connectivity index (χ1) is 20.1. The van der Waals surface area contributed by atoms with Gasteiger partial charge in [0.15, 0.2) is 0 Å². The summed E-state index contributed by atoms with van der Waals surface area (Å²) in [5.41, 5.74) is 12.8. The minimum atomic E-state index is -0.0280. The van der Waals surface area contributed by atoms with Crippen LogP contribution in [0.1, 0.15) is 25.0 Å². The van der Waals surface area contributed by atoms with Crippen LogP contribution in [0.2, 0.25) is 0 Å². The van der Waals surface area contributed by atoms with Crippen LogP contribution in [0, 0.1) is 0 Å². The van der Waals surface area contributed by atoms with Crippen molar-refractivity contribution < 1.29 is 0 Å². The van der Waals surface area contributed by atoms with E-state index in [4.69, 9.17) is 0 Å². The Morgan fingerprint density at radius 2 is 0.976 bits per heavy atom. The number of rotatable bonds is 2. The van der Waals surface area contributed by atoms with Crippen LogP contribution in [-0.2, 0) is 5.41 Å². The van der Waals surface area contributed by atoms with Crippen molar-refractivity contribution in [2.75, 3.05) is 0 Å². The predicted octanol–water partition coefficient (Wildman–Crippen LogP) is 10.2. The van der Waals surface area contributed by atoms with Crippen LogP contribution in [0.25, 0.3) is 66.1 Å². The van der Waals surface area contributed by atoms with Crippen molar-refractivity contribution in [3.05, 3.63) is 145 Å². The van der Waals surface area contributed by atoms with Crippen molar-refractivity contribution in [3.8, 4) is 22.5 Å². The topological polar surface area (TPSA) is 9.86 Å². The van der Waals surface area contributed by atoms with E-state index in [1.807, 2.05) is 0 Å². The van der Waals surface area contributed by atoms with E-state index in [9.17, 15) is 0 Å². The molecule has 41 heavy (non-hydrogen) atoms. The fraction of sp³-hybridized carbons (Fsp3) is 0.0769. The molecule has 0 saturated carbocycles. The molecular formula is C39H28N2. The summed E-state index contributed by atoms with van der Waals surface area (Å²) in [6.45, 7) is 4.72. The minimum absolute atomic E-state index is 0.0280. The molecule has 2 nitrogen and oxygen atoms in total. The molecule has 6 aromatic carbocycles. The average molecular weight is 525 g/mol. The Morgan fingerprint density at radius 3 is 1.66 bits per heavy atom. The Balaban J connectivity index is 1.36. The zero-order valence-electron chi connectivity index (χ0n) is 23.1. The third kappa shape index (κ3) is 2.92. The van der Waals surface area contributed by atoms with Gasteiger partial charge in [-0.15, -0.1) is 0 Å². The van der Waals surface area contributed by atoms with Crippen LogP contribution in [0.4, 0.5) is 0 Å². The van der Waals surface area contributed by atoms with Crippen molar-refractivity contribution in [2.24, 2.45) is 0 Å². The monoisotopic (exact) mass is 524 g/mol. The molecule has 194 valence electrons. The maximum Gasteiger partial charge on any atom is 0.0547 e. The molecule has 2 aromatic heterocycles. The highest BCUT2D eigenvalue weighted by Crippen LogP contribution is 2.53. The first-order valence-electron chi connectivity index (χ1n) is 14.4. The lowest BCUT2D eigenvalue weighted by molar-refractivity contribution is 0.661. The molecule has 1 aliphatic rings. The molecule has 0 fully saturated rings. The SMILES string of the molecule is CC1(C)c2ccccc2-c2c1ccc1c2c2ccccc2n1-c1cccc(-n2c3ccccc3c3ccccc32)c1. The molecule has 0 aliphatic heterocycles. The van der Waals surface area contributed by atoms with Gasteiger partial charge in [0.05, 0.1) is 22.1 Å². The quantitative estimate of drug-likeness (QED) is 0.213. The summed E-state index contributed by atoms with van der Waals surface area (Å²) in [6, 6.07) is 49.0.